The van der Waals surface area contributed by atoms with Crippen LogP contribution in [0.2, 0.25) is 0 Å². The number of rotatable bonds is 4. The molecule has 2 rings (SSSR count). The maximum atomic E-state index is 12.6. The predicted molar refractivity (Wildman–Crippen MR) is 82.9 cm³/mol. The highest BCUT2D eigenvalue weighted by Crippen LogP contribution is 2.15. The molecule has 1 atom stereocenters. The topological polar surface area (TPSA) is 55.6 Å². The summed E-state index contributed by atoms with van der Waals surface area (Å²) in [4.78, 5) is 14.4. The number of ether oxygens (including phenoxy) is 1. The lowest BCUT2D eigenvalue weighted by Crippen LogP contribution is -2.37. The van der Waals surface area contributed by atoms with Crippen molar-refractivity contribution in [3.8, 4) is 11.8 Å². The van der Waals surface area contributed by atoms with Gasteiger partial charge in [0.25, 0.3) is 5.91 Å². The van der Waals surface area contributed by atoms with E-state index in [-0.39, 0.29) is 12.0 Å². The Labute approximate surface area is 126 Å². The van der Waals surface area contributed by atoms with Gasteiger partial charge in [0, 0.05) is 30.8 Å². The molecule has 1 aliphatic heterocycles. The highest BCUT2D eigenvalue weighted by Gasteiger charge is 2.22. The van der Waals surface area contributed by atoms with Crippen molar-refractivity contribution < 1.29 is 9.53 Å². The van der Waals surface area contributed by atoms with Crippen LogP contribution in [0.25, 0.3) is 0 Å². The molecule has 0 radical (unpaired) electrons. The van der Waals surface area contributed by atoms with E-state index in [2.05, 4.69) is 11.8 Å². The molecule has 1 aromatic rings. The smallest absolute Gasteiger partial charge is 0.253 e. The third kappa shape index (κ3) is 4.32. The minimum Gasteiger partial charge on any atom is -0.376 e. The zero-order valence-electron chi connectivity index (χ0n) is 12.5. The maximum Gasteiger partial charge on any atom is 0.253 e. The fourth-order valence-electron chi connectivity index (χ4n) is 2.46. The van der Waals surface area contributed by atoms with E-state index in [1.54, 1.807) is 0 Å². The van der Waals surface area contributed by atoms with Crippen LogP contribution < -0.4 is 5.73 Å². The van der Waals surface area contributed by atoms with Crippen LogP contribution in [0.5, 0.6) is 0 Å². The normalized spacial score (nSPS) is 17.1. The van der Waals surface area contributed by atoms with E-state index in [1.807, 2.05) is 36.1 Å². The van der Waals surface area contributed by atoms with Gasteiger partial charge in [-0.2, -0.15) is 0 Å². The van der Waals surface area contributed by atoms with E-state index >= 15 is 0 Å². The van der Waals surface area contributed by atoms with Crippen molar-refractivity contribution in [2.45, 2.75) is 25.9 Å². The summed E-state index contributed by atoms with van der Waals surface area (Å²) >= 11 is 0. The molecule has 4 heteroatoms. The van der Waals surface area contributed by atoms with Gasteiger partial charge in [0.2, 0.25) is 0 Å². The molecule has 112 valence electrons. The molecule has 1 aromatic carbocycles. The highest BCUT2D eigenvalue weighted by atomic mass is 16.5. The van der Waals surface area contributed by atoms with E-state index in [0.717, 1.165) is 25.0 Å². The molecule has 0 spiro atoms. The molecule has 2 N–H and O–H groups in total. The summed E-state index contributed by atoms with van der Waals surface area (Å²) in [7, 11) is 0. The average Bonchev–Trinajstić information content (AvgIpc) is 3.03. The number of amides is 1. The summed E-state index contributed by atoms with van der Waals surface area (Å²) in [5, 5.41) is 0. The molecular weight excluding hydrogens is 264 g/mol. The second kappa shape index (κ2) is 7.82. The van der Waals surface area contributed by atoms with Crippen LogP contribution in [0, 0.1) is 11.8 Å². The highest BCUT2D eigenvalue weighted by molar-refractivity contribution is 5.94. The summed E-state index contributed by atoms with van der Waals surface area (Å²) in [6.07, 6.45) is 2.29. The third-order valence-electron chi connectivity index (χ3n) is 3.56. The molecule has 0 saturated carbocycles. The van der Waals surface area contributed by atoms with Crippen molar-refractivity contribution in [2.75, 3.05) is 26.2 Å². The maximum absolute atomic E-state index is 12.6. The van der Waals surface area contributed by atoms with Crippen LogP contribution >= 0.6 is 0 Å². The number of likely N-dealkylation sites (N-methyl/N-ethyl adjacent to an activating group) is 1. The first-order chi connectivity index (χ1) is 10.2. The van der Waals surface area contributed by atoms with E-state index in [9.17, 15) is 4.79 Å². The molecule has 1 fully saturated rings. The summed E-state index contributed by atoms with van der Waals surface area (Å²) < 4.78 is 5.62. The van der Waals surface area contributed by atoms with Crippen LogP contribution in [0.4, 0.5) is 0 Å². The second-order valence-corrected chi connectivity index (χ2v) is 5.07. The van der Waals surface area contributed by atoms with Gasteiger partial charge in [0.15, 0.2) is 0 Å². The van der Waals surface area contributed by atoms with Gasteiger partial charge < -0.3 is 15.4 Å². The second-order valence-electron chi connectivity index (χ2n) is 5.07. The number of hydrogen-bond donors (Lipinski definition) is 1. The molecule has 1 unspecified atom stereocenters. The van der Waals surface area contributed by atoms with Crippen molar-refractivity contribution >= 4 is 5.91 Å². The number of nitrogens with zero attached hydrogens (tertiary/aromatic N) is 1. The summed E-state index contributed by atoms with van der Waals surface area (Å²) in [6.45, 7) is 4.45. The van der Waals surface area contributed by atoms with Gasteiger partial charge in [0.05, 0.1) is 12.6 Å². The minimum absolute atomic E-state index is 0.0319. The molecule has 0 bridgehead atoms. The zero-order chi connectivity index (χ0) is 15.1. The Morgan fingerprint density at radius 3 is 3.05 bits per heavy atom. The van der Waals surface area contributed by atoms with E-state index in [4.69, 9.17) is 10.5 Å². The van der Waals surface area contributed by atoms with Gasteiger partial charge in [0.1, 0.15) is 0 Å². The molecule has 0 aliphatic carbocycles. The fraction of sp³-hybridized carbons (Fsp3) is 0.471. The molecule has 1 heterocycles. The Kier molecular flexibility index (Phi) is 5.79. The van der Waals surface area contributed by atoms with Crippen molar-refractivity contribution in [1.29, 1.82) is 0 Å². The Balaban J connectivity index is 2.09. The average molecular weight is 286 g/mol. The molecule has 1 amide bonds. The first-order valence-electron chi connectivity index (χ1n) is 7.44. The van der Waals surface area contributed by atoms with Gasteiger partial charge in [-0.25, -0.2) is 0 Å². The molecule has 1 aliphatic rings. The van der Waals surface area contributed by atoms with Gasteiger partial charge >= 0.3 is 0 Å². The molecule has 1 saturated heterocycles. The summed E-state index contributed by atoms with van der Waals surface area (Å²) in [5.74, 6) is 5.80. The molecule has 4 nitrogen and oxygen atoms in total. The monoisotopic (exact) mass is 286 g/mol. The predicted octanol–water partition coefficient (Wildman–Crippen LogP) is 1.64. The third-order valence-corrected chi connectivity index (χ3v) is 3.56. The van der Waals surface area contributed by atoms with Gasteiger partial charge in [-0.15, -0.1) is 0 Å². The number of benzene rings is 1. The van der Waals surface area contributed by atoms with Gasteiger partial charge in [-0.3, -0.25) is 4.79 Å². The summed E-state index contributed by atoms with van der Waals surface area (Å²) in [6, 6.07) is 7.39. The van der Waals surface area contributed by atoms with Crippen molar-refractivity contribution in [1.82, 2.24) is 4.90 Å². The first-order valence-corrected chi connectivity index (χ1v) is 7.44. The lowest BCUT2D eigenvalue weighted by molar-refractivity contribution is 0.0539. The fourth-order valence-corrected chi connectivity index (χ4v) is 2.46. The Hall–Kier alpha value is -1.83. The van der Waals surface area contributed by atoms with Crippen molar-refractivity contribution in [3.05, 3.63) is 35.4 Å². The quantitative estimate of drug-likeness (QED) is 0.856. The first kappa shape index (κ1) is 15.6. The van der Waals surface area contributed by atoms with Crippen LogP contribution in [0.15, 0.2) is 24.3 Å². The summed E-state index contributed by atoms with van der Waals surface area (Å²) in [5.41, 5.74) is 6.86. The lowest BCUT2D eigenvalue weighted by atomic mass is 10.1. The van der Waals surface area contributed by atoms with E-state index < -0.39 is 0 Å². The Morgan fingerprint density at radius 2 is 2.38 bits per heavy atom. The number of carbonyl (C=O) groups excluding carboxylic acids is 1. The van der Waals surface area contributed by atoms with Crippen LogP contribution in [0.1, 0.15) is 35.7 Å². The largest absolute Gasteiger partial charge is 0.376 e. The molecule has 0 aromatic heterocycles. The van der Waals surface area contributed by atoms with Gasteiger partial charge in [-0.1, -0.05) is 17.9 Å². The number of hydrogen-bond acceptors (Lipinski definition) is 3. The lowest BCUT2D eigenvalue weighted by Gasteiger charge is -2.24. The van der Waals surface area contributed by atoms with Gasteiger partial charge in [-0.05, 0) is 38.0 Å². The number of carbonyl (C=O) groups is 1. The molecule has 21 heavy (non-hydrogen) atoms. The zero-order valence-corrected chi connectivity index (χ0v) is 12.5. The Morgan fingerprint density at radius 1 is 1.52 bits per heavy atom. The molecular formula is C17H22N2O2. The SMILES string of the molecule is CCN(CC1CCCO1)C(=O)c1cccc(C#CCN)c1. The Bertz CT molecular complexity index is 539. The van der Waals surface area contributed by atoms with Crippen molar-refractivity contribution in [3.63, 3.8) is 0 Å². The minimum atomic E-state index is 0.0319. The standard InChI is InChI=1S/C17H22N2O2/c1-2-19(13-16-9-5-11-21-16)17(20)15-8-3-6-14(12-15)7-4-10-18/h3,6,8,12,16H,2,5,9-11,13,18H2,1H3. The van der Waals surface area contributed by atoms with E-state index in [1.165, 1.54) is 0 Å². The van der Waals surface area contributed by atoms with Crippen molar-refractivity contribution in [2.24, 2.45) is 5.73 Å². The van der Waals surface area contributed by atoms with Crippen LogP contribution in [0.3, 0.4) is 0 Å². The van der Waals surface area contributed by atoms with Crippen LogP contribution in [-0.4, -0.2) is 43.2 Å². The number of nitrogens with two attached hydrogens (primary N) is 1. The van der Waals surface area contributed by atoms with E-state index in [0.29, 0.717) is 25.2 Å². The van der Waals surface area contributed by atoms with Crippen LogP contribution in [-0.2, 0) is 4.74 Å².